The van der Waals surface area contributed by atoms with E-state index in [4.69, 9.17) is 25.8 Å². The standard InChI is InChI=1S/C21H19ClN2O6/c1-4-30-21(27)13-7-5-6-8-15(13)24-19(25)17(22)18(20(24)26)23-14-10-9-12(28-2)11-16(14)29-3/h5-11,23H,4H2,1-3H3. The molecule has 0 radical (unpaired) electrons. The minimum atomic E-state index is -0.756. The first kappa shape index (κ1) is 21.2. The molecule has 2 amide bonds. The highest BCUT2D eigenvalue weighted by molar-refractivity contribution is 6.53. The summed E-state index contributed by atoms with van der Waals surface area (Å²) in [5.41, 5.74) is 0.438. The number of benzene rings is 2. The number of amides is 2. The van der Waals surface area contributed by atoms with Crippen molar-refractivity contribution in [3.63, 3.8) is 0 Å². The minimum Gasteiger partial charge on any atom is -0.497 e. The number of nitrogens with one attached hydrogen (secondary N) is 1. The molecule has 2 aromatic rings. The van der Waals surface area contributed by atoms with E-state index in [1.54, 1.807) is 37.3 Å². The molecule has 156 valence electrons. The average molecular weight is 431 g/mol. The molecule has 1 heterocycles. The maximum atomic E-state index is 13.1. The summed E-state index contributed by atoms with van der Waals surface area (Å²) in [6, 6.07) is 11.1. The molecular formula is C21H19ClN2O6. The molecule has 1 aliphatic rings. The predicted molar refractivity (Wildman–Crippen MR) is 111 cm³/mol. The zero-order valence-electron chi connectivity index (χ0n) is 16.5. The van der Waals surface area contributed by atoms with Crippen LogP contribution in [0, 0.1) is 0 Å². The highest BCUT2D eigenvalue weighted by Gasteiger charge is 2.40. The second-order valence-corrected chi connectivity index (χ2v) is 6.44. The highest BCUT2D eigenvalue weighted by Crippen LogP contribution is 2.35. The van der Waals surface area contributed by atoms with Crippen molar-refractivity contribution in [2.45, 2.75) is 6.92 Å². The predicted octanol–water partition coefficient (Wildman–Crippen LogP) is 3.32. The van der Waals surface area contributed by atoms with Crippen molar-refractivity contribution in [1.29, 1.82) is 0 Å². The third kappa shape index (κ3) is 3.81. The van der Waals surface area contributed by atoms with E-state index in [1.807, 2.05) is 0 Å². The molecule has 2 aromatic carbocycles. The van der Waals surface area contributed by atoms with Crippen LogP contribution in [0.5, 0.6) is 11.5 Å². The molecular weight excluding hydrogens is 412 g/mol. The number of nitrogens with zero attached hydrogens (tertiary/aromatic N) is 1. The van der Waals surface area contributed by atoms with Crippen LogP contribution in [0.25, 0.3) is 0 Å². The Balaban J connectivity index is 1.96. The van der Waals surface area contributed by atoms with Gasteiger partial charge in [0.25, 0.3) is 11.8 Å². The van der Waals surface area contributed by atoms with Crippen molar-refractivity contribution in [2.75, 3.05) is 31.0 Å². The average Bonchev–Trinajstić information content (AvgIpc) is 2.97. The summed E-state index contributed by atoms with van der Waals surface area (Å²) >= 11 is 6.19. The van der Waals surface area contributed by atoms with Crippen LogP contribution in [0.4, 0.5) is 11.4 Å². The first-order valence-corrected chi connectivity index (χ1v) is 9.34. The highest BCUT2D eigenvalue weighted by atomic mass is 35.5. The summed E-state index contributed by atoms with van der Waals surface area (Å²) in [5, 5.41) is 2.55. The molecule has 0 bridgehead atoms. The quantitative estimate of drug-likeness (QED) is 0.532. The lowest BCUT2D eigenvalue weighted by atomic mass is 10.1. The number of carbonyl (C=O) groups is 3. The van der Waals surface area contributed by atoms with Crippen molar-refractivity contribution in [1.82, 2.24) is 0 Å². The lowest BCUT2D eigenvalue weighted by Crippen LogP contribution is -2.33. The van der Waals surface area contributed by atoms with Gasteiger partial charge in [-0.25, -0.2) is 9.69 Å². The monoisotopic (exact) mass is 430 g/mol. The summed E-state index contributed by atoms with van der Waals surface area (Å²) in [7, 11) is 2.97. The number of methoxy groups -OCH3 is 2. The van der Waals surface area contributed by atoms with E-state index < -0.39 is 17.8 Å². The van der Waals surface area contributed by atoms with Crippen LogP contribution in [-0.2, 0) is 14.3 Å². The summed E-state index contributed by atoms with van der Waals surface area (Å²) in [4.78, 5) is 39.0. The third-order valence-electron chi connectivity index (χ3n) is 4.34. The van der Waals surface area contributed by atoms with Gasteiger partial charge < -0.3 is 19.5 Å². The second-order valence-electron chi connectivity index (χ2n) is 6.06. The summed E-state index contributed by atoms with van der Waals surface area (Å²) in [6.45, 7) is 1.81. The molecule has 0 fully saturated rings. The molecule has 0 saturated carbocycles. The number of esters is 1. The molecule has 1 N–H and O–H groups in total. The van der Waals surface area contributed by atoms with Gasteiger partial charge in [0.1, 0.15) is 22.2 Å². The van der Waals surface area contributed by atoms with Gasteiger partial charge in [-0.3, -0.25) is 9.59 Å². The largest absolute Gasteiger partial charge is 0.497 e. The number of ether oxygens (including phenoxy) is 3. The Morgan fingerprint density at radius 2 is 1.80 bits per heavy atom. The van der Waals surface area contributed by atoms with Crippen LogP contribution < -0.4 is 19.7 Å². The van der Waals surface area contributed by atoms with Crippen LogP contribution in [0.15, 0.2) is 53.2 Å². The van der Waals surface area contributed by atoms with E-state index in [-0.39, 0.29) is 28.6 Å². The summed E-state index contributed by atoms with van der Waals surface area (Å²) in [5.74, 6) is -1.18. The molecule has 0 saturated heterocycles. The number of hydrogen-bond acceptors (Lipinski definition) is 7. The van der Waals surface area contributed by atoms with Crippen LogP contribution in [-0.4, -0.2) is 38.6 Å². The van der Waals surface area contributed by atoms with E-state index in [1.165, 1.54) is 26.4 Å². The van der Waals surface area contributed by atoms with Crippen molar-refractivity contribution in [2.24, 2.45) is 0 Å². The van der Waals surface area contributed by atoms with Gasteiger partial charge in [0.15, 0.2) is 0 Å². The minimum absolute atomic E-state index is 0.0776. The SMILES string of the molecule is CCOC(=O)c1ccccc1N1C(=O)C(Cl)=C(Nc2ccc(OC)cc2OC)C1=O. The maximum Gasteiger partial charge on any atom is 0.340 e. The van der Waals surface area contributed by atoms with Gasteiger partial charge in [-0.15, -0.1) is 0 Å². The van der Waals surface area contributed by atoms with E-state index in [0.717, 1.165) is 4.90 Å². The van der Waals surface area contributed by atoms with Gasteiger partial charge in [0.2, 0.25) is 0 Å². The maximum absolute atomic E-state index is 13.1. The van der Waals surface area contributed by atoms with Gasteiger partial charge in [-0.05, 0) is 31.2 Å². The molecule has 1 aliphatic heterocycles. The molecule has 0 aliphatic carbocycles. The second kappa shape index (κ2) is 8.87. The van der Waals surface area contributed by atoms with Gasteiger partial charge in [0.05, 0.1) is 37.8 Å². The van der Waals surface area contributed by atoms with E-state index in [0.29, 0.717) is 17.2 Å². The first-order chi connectivity index (χ1) is 14.4. The number of carbonyl (C=O) groups excluding carboxylic acids is 3. The van der Waals surface area contributed by atoms with Crippen molar-refractivity contribution in [3.8, 4) is 11.5 Å². The van der Waals surface area contributed by atoms with E-state index >= 15 is 0 Å². The van der Waals surface area contributed by atoms with Crippen molar-refractivity contribution in [3.05, 3.63) is 58.8 Å². The van der Waals surface area contributed by atoms with Crippen LogP contribution >= 0.6 is 11.6 Å². The number of hydrogen-bond donors (Lipinski definition) is 1. The Hall–Kier alpha value is -3.52. The number of imide groups is 1. The third-order valence-corrected chi connectivity index (χ3v) is 4.69. The molecule has 0 spiro atoms. The smallest absolute Gasteiger partial charge is 0.340 e. The lowest BCUT2D eigenvalue weighted by molar-refractivity contribution is -0.120. The zero-order chi connectivity index (χ0) is 21.8. The number of halogens is 1. The van der Waals surface area contributed by atoms with Crippen molar-refractivity contribution >= 4 is 40.8 Å². The van der Waals surface area contributed by atoms with Crippen LogP contribution in [0.2, 0.25) is 0 Å². The van der Waals surface area contributed by atoms with Crippen molar-refractivity contribution < 1.29 is 28.6 Å². The molecule has 0 unspecified atom stereocenters. The van der Waals surface area contributed by atoms with Gasteiger partial charge >= 0.3 is 5.97 Å². The normalized spacial score (nSPS) is 13.5. The zero-order valence-corrected chi connectivity index (χ0v) is 17.3. The Kier molecular flexibility index (Phi) is 6.27. The Morgan fingerprint density at radius 3 is 2.47 bits per heavy atom. The van der Waals surface area contributed by atoms with E-state index in [9.17, 15) is 14.4 Å². The molecule has 0 atom stereocenters. The van der Waals surface area contributed by atoms with Crippen LogP contribution in [0.3, 0.4) is 0 Å². The molecule has 30 heavy (non-hydrogen) atoms. The van der Waals surface area contributed by atoms with Gasteiger partial charge in [-0.2, -0.15) is 0 Å². The van der Waals surface area contributed by atoms with E-state index in [2.05, 4.69) is 5.32 Å². The number of para-hydroxylation sites is 1. The molecule has 9 heteroatoms. The number of anilines is 2. The molecule has 8 nitrogen and oxygen atoms in total. The van der Waals surface area contributed by atoms with Crippen LogP contribution in [0.1, 0.15) is 17.3 Å². The Labute approximate surface area is 178 Å². The fraction of sp³-hybridized carbons (Fsp3) is 0.190. The fourth-order valence-corrected chi connectivity index (χ4v) is 3.13. The summed E-state index contributed by atoms with van der Waals surface area (Å²) < 4.78 is 15.5. The molecule has 3 rings (SSSR count). The topological polar surface area (TPSA) is 94.2 Å². The fourth-order valence-electron chi connectivity index (χ4n) is 2.92. The van der Waals surface area contributed by atoms with Gasteiger partial charge in [0, 0.05) is 6.07 Å². The van der Waals surface area contributed by atoms with Gasteiger partial charge in [-0.1, -0.05) is 23.7 Å². The Bertz CT molecular complexity index is 1050. The number of rotatable bonds is 7. The molecule has 0 aromatic heterocycles. The lowest BCUT2D eigenvalue weighted by Gasteiger charge is -2.18. The Morgan fingerprint density at radius 1 is 1.07 bits per heavy atom. The first-order valence-electron chi connectivity index (χ1n) is 8.96. The summed E-state index contributed by atoms with van der Waals surface area (Å²) in [6.07, 6.45) is 0.